The zero-order valence-electron chi connectivity index (χ0n) is 6.98. The summed E-state index contributed by atoms with van der Waals surface area (Å²) in [5, 5.41) is 0. The van der Waals surface area contributed by atoms with Crippen LogP contribution in [0.25, 0.3) is 4.85 Å². The maximum absolute atomic E-state index is 10.8. The Balaban J connectivity index is 2.89. The lowest BCUT2D eigenvalue weighted by Crippen LogP contribution is -2.08. The Morgan fingerprint density at radius 2 is 1.85 bits per heavy atom. The molecule has 0 heterocycles. The second kappa shape index (κ2) is 3.46. The first-order valence-electron chi connectivity index (χ1n) is 3.46. The molecule has 0 fully saturated rings. The number of nitrogens with one attached hydrogen (secondary N) is 1. The predicted molar refractivity (Wildman–Crippen MR) is 51.2 cm³/mol. The molecule has 0 aliphatic rings. The van der Waals surface area contributed by atoms with Crippen molar-refractivity contribution in [2.24, 2.45) is 0 Å². The van der Waals surface area contributed by atoms with Gasteiger partial charge in [0.2, 0.25) is 10.0 Å². The summed E-state index contributed by atoms with van der Waals surface area (Å²) >= 11 is 0. The van der Waals surface area contributed by atoms with Gasteiger partial charge in [0.05, 0.1) is 12.8 Å². The Morgan fingerprint density at radius 1 is 1.31 bits per heavy atom. The highest BCUT2D eigenvalue weighted by Gasteiger charge is 2.00. The van der Waals surface area contributed by atoms with Gasteiger partial charge in [-0.2, -0.15) is 0 Å². The number of benzene rings is 1. The third-order valence-electron chi connectivity index (χ3n) is 1.30. The molecule has 0 spiro atoms. The van der Waals surface area contributed by atoms with E-state index < -0.39 is 10.0 Å². The van der Waals surface area contributed by atoms with Crippen LogP contribution in [0.5, 0.6) is 0 Å². The molecule has 5 heteroatoms. The van der Waals surface area contributed by atoms with Crippen LogP contribution in [0.15, 0.2) is 24.3 Å². The summed E-state index contributed by atoms with van der Waals surface area (Å²) in [6.45, 7) is 6.68. The molecule has 1 aromatic carbocycles. The molecular weight excluding hydrogens is 188 g/mol. The van der Waals surface area contributed by atoms with Gasteiger partial charge in [-0.25, -0.2) is 13.3 Å². The van der Waals surface area contributed by atoms with Gasteiger partial charge in [-0.05, 0) is 12.1 Å². The van der Waals surface area contributed by atoms with Crippen LogP contribution in [0.3, 0.4) is 0 Å². The minimum Gasteiger partial charge on any atom is -0.284 e. The fourth-order valence-electron chi connectivity index (χ4n) is 0.818. The minimum atomic E-state index is -3.22. The molecule has 0 amide bonds. The van der Waals surface area contributed by atoms with Crippen molar-refractivity contribution >= 4 is 21.4 Å². The highest BCUT2D eigenvalue weighted by atomic mass is 32.2. The highest BCUT2D eigenvalue weighted by Crippen LogP contribution is 2.16. The van der Waals surface area contributed by atoms with Crippen molar-refractivity contribution < 1.29 is 8.42 Å². The smallest absolute Gasteiger partial charge is 0.229 e. The summed E-state index contributed by atoms with van der Waals surface area (Å²) in [4.78, 5) is 3.18. The SMILES string of the molecule is [C-]#[N+]c1ccc(NS(C)(=O)=O)cc1. The standard InChI is InChI=1S/C8H8N2O2S/c1-9-7-3-5-8(6-4-7)10-13(2,11)12/h3-6,10H,2H3. The molecule has 1 rings (SSSR count). The molecule has 0 atom stereocenters. The van der Waals surface area contributed by atoms with E-state index in [0.29, 0.717) is 11.4 Å². The van der Waals surface area contributed by atoms with Gasteiger partial charge in [0.1, 0.15) is 0 Å². The van der Waals surface area contributed by atoms with Crippen LogP contribution in [-0.4, -0.2) is 14.7 Å². The number of hydrogen-bond donors (Lipinski definition) is 1. The van der Waals surface area contributed by atoms with Crippen molar-refractivity contribution in [3.05, 3.63) is 35.7 Å². The highest BCUT2D eigenvalue weighted by molar-refractivity contribution is 7.92. The summed E-state index contributed by atoms with van der Waals surface area (Å²) in [6, 6.07) is 6.21. The molecule has 68 valence electrons. The van der Waals surface area contributed by atoms with Crippen LogP contribution in [0.1, 0.15) is 0 Å². The van der Waals surface area contributed by atoms with Crippen molar-refractivity contribution in [2.75, 3.05) is 11.0 Å². The number of anilines is 1. The Labute approximate surface area is 77.1 Å². The van der Waals surface area contributed by atoms with Gasteiger partial charge in [-0.3, -0.25) is 4.72 Å². The zero-order valence-corrected chi connectivity index (χ0v) is 7.80. The van der Waals surface area contributed by atoms with Gasteiger partial charge in [0, 0.05) is 5.69 Å². The summed E-state index contributed by atoms with van der Waals surface area (Å²) < 4.78 is 23.9. The van der Waals surface area contributed by atoms with Crippen LogP contribution in [0, 0.1) is 6.57 Å². The van der Waals surface area contributed by atoms with Gasteiger partial charge >= 0.3 is 0 Å². The molecule has 1 aromatic rings. The fourth-order valence-corrected chi connectivity index (χ4v) is 1.38. The third-order valence-corrected chi connectivity index (χ3v) is 1.91. The summed E-state index contributed by atoms with van der Waals surface area (Å²) in [5.41, 5.74) is 0.953. The summed E-state index contributed by atoms with van der Waals surface area (Å²) in [7, 11) is -3.22. The normalized spacial score (nSPS) is 10.5. The number of nitrogens with zero attached hydrogens (tertiary/aromatic N) is 1. The van der Waals surface area contributed by atoms with Crippen LogP contribution in [0.4, 0.5) is 11.4 Å². The van der Waals surface area contributed by atoms with Gasteiger partial charge < -0.3 is 0 Å². The van der Waals surface area contributed by atoms with Gasteiger partial charge in [0.15, 0.2) is 5.69 Å². The Hall–Kier alpha value is -1.54. The maximum Gasteiger partial charge on any atom is 0.229 e. The van der Waals surface area contributed by atoms with E-state index in [9.17, 15) is 8.42 Å². The Kier molecular flexibility index (Phi) is 2.54. The molecule has 1 N–H and O–H groups in total. The lowest BCUT2D eigenvalue weighted by atomic mass is 10.3. The van der Waals surface area contributed by atoms with Gasteiger partial charge in [-0.1, -0.05) is 12.1 Å². The van der Waals surface area contributed by atoms with Crippen molar-refractivity contribution in [3.8, 4) is 0 Å². The largest absolute Gasteiger partial charge is 0.284 e. The number of rotatable bonds is 2. The quantitative estimate of drug-likeness (QED) is 0.730. The zero-order chi connectivity index (χ0) is 9.90. The molecular formula is C8H8N2O2S. The van der Waals surface area contributed by atoms with E-state index in [1.54, 1.807) is 24.3 Å². The lowest BCUT2D eigenvalue weighted by molar-refractivity contribution is 0.607. The topological polar surface area (TPSA) is 50.5 Å². The van der Waals surface area contributed by atoms with E-state index in [2.05, 4.69) is 9.57 Å². The third kappa shape index (κ3) is 3.13. The van der Waals surface area contributed by atoms with Crippen LogP contribution >= 0.6 is 0 Å². The number of sulfonamides is 1. The van der Waals surface area contributed by atoms with Gasteiger partial charge in [-0.15, -0.1) is 0 Å². The second-order valence-electron chi connectivity index (χ2n) is 2.53. The average Bonchev–Trinajstić information content (AvgIpc) is 2.03. The fraction of sp³-hybridized carbons (Fsp3) is 0.125. The molecule has 0 bridgehead atoms. The van der Waals surface area contributed by atoms with E-state index in [-0.39, 0.29) is 0 Å². The number of hydrogen-bond acceptors (Lipinski definition) is 2. The van der Waals surface area contributed by atoms with Crippen molar-refractivity contribution in [2.45, 2.75) is 0 Å². The summed E-state index contributed by atoms with van der Waals surface area (Å²) in [5.74, 6) is 0. The van der Waals surface area contributed by atoms with Crippen LogP contribution in [-0.2, 0) is 10.0 Å². The van der Waals surface area contributed by atoms with Crippen molar-refractivity contribution in [3.63, 3.8) is 0 Å². The molecule has 0 aliphatic heterocycles. The molecule has 13 heavy (non-hydrogen) atoms. The van der Waals surface area contributed by atoms with Crippen LogP contribution < -0.4 is 4.72 Å². The van der Waals surface area contributed by atoms with E-state index in [1.165, 1.54) is 0 Å². The molecule has 0 saturated heterocycles. The first kappa shape index (κ1) is 9.55. The molecule has 0 aliphatic carbocycles. The first-order chi connectivity index (χ1) is 6.01. The molecule has 0 aromatic heterocycles. The van der Waals surface area contributed by atoms with Crippen LogP contribution in [0.2, 0.25) is 0 Å². The monoisotopic (exact) mass is 196 g/mol. The lowest BCUT2D eigenvalue weighted by Gasteiger charge is -2.02. The van der Waals surface area contributed by atoms with E-state index in [4.69, 9.17) is 6.57 Å². The molecule has 0 radical (unpaired) electrons. The maximum atomic E-state index is 10.8. The van der Waals surface area contributed by atoms with Crippen molar-refractivity contribution in [1.29, 1.82) is 0 Å². The Morgan fingerprint density at radius 3 is 2.23 bits per heavy atom. The average molecular weight is 196 g/mol. The summed E-state index contributed by atoms with van der Waals surface area (Å²) in [6.07, 6.45) is 1.08. The Bertz CT molecular complexity index is 428. The minimum absolute atomic E-state index is 0.468. The second-order valence-corrected chi connectivity index (χ2v) is 4.28. The van der Waals surface area contributed by atoms with E-state index >= 15 is 0 Å². The van der Waals surface area contributed by atoms with E-state index in [1.807, 2.05) is 0 Å². The van der Waals surface area contributed by atoms with Gasteiger partial charge in [0.25, 0.3) is 0 Å². The predicted octanol–water partition coefficient (Wildman–Crippen LogP) is 1.61. The van der Waals surface area contributed by atoms with E-state index in [0.717, 1.165) is 6.26 Å². The molecule has 0 saturated carbocycles. The molecule has 0 unspecified atom stereocenters. The van der Waals surface area contributed by atoms with Crippen molar-refractivity contribution in [1.82, 2.24) is 0 Å². The first-order valence-corrected chi connectivity index (χ1v) is 5.36. The molecule has 4 nitrogen and oxygen atoms in total.